The van der Waals surface area contributed by atoms with E-state index in [1.54, 1.807) is 0 Å². The Bertz CT molecular complexity index is 559. The highest BCUT2D eigenvalue weighted by Gasteiger charge is 2.20. The van der Waals surface area contributed by atoms with Gasteiger partial charge in [0.05, 0.1) is 13.2 Å². The molecule has 1 fully saturated rings. The second kappa shape index (κ2) is 4.18. The Hall–Kier alpha value is -1.87. The maximum atomic E-state index is 12.1. The van der Waals surface area contributed by atoms with E-state index in [1.807, 2.05) is 42.5 Å². The van der Waals surface area contributed by atoms with Crippen LogP contribution < -0.4 is 0 Å². The van der Waals surface area contributed by atoms with E-state index in [4.69, 9.17) is 4.84 Å². The second-order valence-corrected chi connectivity index (χ2v) is 4.16. The van der Waals surface area contributed by atoms with Crippen LogP contribution in [0, 0.1) is 0 Å². The average molecular weight is 227 g/mol. The van der Waals surface area contributed by atoms with E-state index in [9.17, 15) is 4.79 Å². The summed E-state index contributed by atoms with van der Waals surface area (Å²) in [4.78, 5) is 17.4. The lowest BCUT2D eigenvalue weighted by Crippen LogP contribution is -2.26. The second-order valence-electron chi connectivity index (χ2n) is 4.16. The van der Waals surface area contributed by atoms with Gasteiger partial charge >= 0.3 is 0 Å². The molecule has 3 nitrogen and oxygen atoms in total. The van der Waals surface area contributed by atoms with Gasteiger partial charge in [0.1, 0.15) is 0 Å². The first-order chi connectivity index (χ1) is 8.34. The van der Waals surface area contributed by atoms with Gasteiger partial charge in [-0.3, -0.25) is 9.63 Å². The summed E-state index contributed by atoms with van der Waals surface area (Å²) in [5, 5.41) is 3.67. The smallest absolute Gasteiger partial charge is 0.271 e. The summed E-state index contributed by atoms with van der Waals surface area (Å²) in [6.07, 6.45) is 0.916. The van der Waals surface area contributed by atoms with Crippen LogP contribution in [0.4, 0.5) is 0 Å². The van der Waals surface area contributed by atoms with Crippen molar-refractivity contribution >= 4 is 16.7 Å². The molecule has 0 aromatic heterocycles. The number of hydroxylamine groups is 2. The third-order valence-electron chi connectivity index (χ3n) is 2.98. The predicted molar refractivity (Wildman–Crippen MR) is 65.6 cm³/mol. The summed E-state index contributed by atoms with van der Waals surface area (Å²) in [7, 11) is 0. The van der Waals surface area contributed by atoms with Crippen molar-refractivity contribution in [2.24, 2.45) is 0 Å². The van der Waals surface area contributed by atoms with Crippen LogP contribution in [0.25, 0.3) is 10.8 Å². The minimum absolute atomic E-state index is 0.0479. The Morgan fingerprint density at radius 2 is 1.94 bits per heavy atom. The van der Waals surface area contributed by atoms with Crippen molar-refractivity contribution in [3.8, 4) is 0 Å². The van der Waals surface area contributed by atoms with Gasteiger partial charge in [0.2, 0.25) is 0 Å². The highest BCUT2D eigenvalue weighted by Crippen LogP contribution is 2.18. The van der Waals surface area contributed by atoms with Crippen LogP contribution in [-0.4, -0.2) is 24.1 Å². The SMILES string of the molecule is O=C(c1ccc2ccccc2c1)N1CCCO1. The molecule has 0 N–H and O–H groups in total. The molecule has 1 amide bonds. The zero-order chi connectivity index (χ0) is 11.7. The molecule has 3 rings (SSSR count). The van der Waals surface area contributed by atoms with Crippen molar-refractivity contribution in [2.45, 2.75) is 6.42 Å². The first kappa shape index (κ1) is 10.3. The number of nitrogens with zero attached hydrogens (tertiary/aromatic N) is 1. The minimum atomic E-state index is -0.0479. The van der Waals surface area contributed by atoms with Gasteiger partial charge in [-0.2, -0.15) is 0 Å². The predicted octanol–water partition coefficient (Wildman–Crippen LogP) is 2.62. The van der Waals surface area contributed by atoms with E-state index < -0.39 is 0 Å². The molecule has 0 spiro atoms. The van der Waals surface area contributed by atoms with E-state index in [0.717, 1.165) is 17.2 Å². The van der Waals surface area contributed by atoms with Crippen LogP contribution in [0.15, 0.2) is 42.5 Å². The number of amides is 1. The van der Waals surface area contributed by atoms with Crippen molar-refractivity contribution in [1.29, 1.82) is 0 Å². The maximum absolute atomic E-state index is 12.1. The van der Waals surface area contributed by atoms with Crippen molar-refractivity contribution in [3.05, 3.63) is 48.0 Å². The zero-order valence-electron chi connectivity index (χ0n) is 9.43. The van der Waals surface area contributed by atoms with Gasteiger partial charge in [0.25, 0.3) is 5.91 Å². The molecule has 0 atom stereocenters. The van der Waals surface area contributed by atoms with Crippen LogP contribution in [0.2, 0.25) is 0 Å². The van der Waals surface area contributed by atoms with Crippen molar-refractivity contribution in [3.63, 3.8) is 0 Å². The number of fused-ring (bicyclic) bond motifs is 1. The molecule has 0 radical (unpaired) electrons. The fraction of sp³-hybridized carbons (Fsp3) is 0.214. The van der Waals surface area contributed by atoms with Gasteiger partial charge in [-0.05, 0) is 29.3 Å². The monoisotopic (exact) mass is 227 g/mol. The molecule has 0 saturated carbocycles. The first-order valence-electron chi connectivity index (χ1n) is 5.78. The summed E-state index contributed by atoms with van der Waals surface area (Å²) < 4.78 is 0. The summed E-state index contributed by atoms with van der Waals surface area (Å²) in [5.74, 6) is -0.0479. The lowest BCUT2D eigenvalue weighted by molar-refractivity contribution is -0.0768. The number of carbonyl (C=O) groups excluding carboxylic acids is 1. The Kier molecular flexibility index (Phi) is 2.53. The lowest BCUT2D eigenvalue weighted by Gasteiger charge is -2.13. The van der Waals surface area contributed by atoms with Crippen molar-refractivity contribution in [2.75, 3.05) is 13.2 Å². The molecule has 2 aromatic carbocycles. The van der Waals surface area contributed by atoms with E-state index in [2.05, 4.69) is 0 Å². The fourth-order valence-electron chi connectivity index (χ4n) is 2.07. The first-order valence-corrected chi connectivity index (χ1v) is 5.78. The molecule has 17 heavy (non-hydrogen) atoms. The van der Waals surface area contributed by atoms with Gasteiger partial charge < -0.3 is 0 Å². The molecule has 3 heteroatoms. The lowest BCUT2D eigenvalue weighted by atomic mass is 10.1. The molecule has 86 valence electrons. The summed E-state index contributed by atoms with van der Waals surface area (Å²) in [5.41, 5.74) is 0.686. The number of carbonyl (C=O) groups is 1. The van der Waals surface area contributed by atoms with Gasteiger partial charge in [0, 0.05) is 5.56 Å². The van der Waals surface area contributed by atoms with Crippen LogP contribution >= 0.6 is 0 Å². The van der Waals surface area contributed by atoms with Crippen molar-refractivity contribution < 1.29 is 9.63 Å². The Morgan fingerprint density at radius 1 is 1.12 bits per heavy atom. The Morgan fingerprint density at radius 3 is 2.71 bits per heavy atom. The van der Waals surface area contributed by atoms with E-state index in [0.29, 0.717) is 18.7 Å². The average Bonchev–Trinajstić information content (AvgIpc) is 2.91. The van der Waals surface area contributed by atoms with Crippen LogP contribution in [0.5, 0.6) is 0 Å². The van der Waals surface area contributed by atoms with Gasteiger partial charge in [-0.15, -0.1) is 0 Å². The number of rotatable bonds is 1. The van der Waals surface area contributed by atoms with E-state index in [-0.39, 0.29) is 5.91 Å². The minimum Gasteiger partial charge on any atom is -0.271 e. The Labute approximate surface area is 99.6 Å². The summed E-state index contributed by atoms with van der Waals surface area (Å²) >= 11 is 0. The zero-order valence-corrected chi connectivity index (χ0v) is 9.43. The molecule has 2 aromatic rings. The molecule has 0 bridgehead atoms. The Balaban J connectivity index is 1.97. The summed E-state index contributed by atoms with van der Waals surface area (Å²) in [6, 6.07) is 13.8. The van der Waals surface area contributed by atoms with Crippen LogP contribution in [-0.2, 0) is 4.84 Å². The molecule has 1 saturated heterocycles. The standard InChI is InChI=1S/C14H13NO2/c16-14(15-8-3-9-17-15)13-7-6-11-4-1-2-5-12(11)10-13/h1-2,4-7,10H,3,8-9H2. The maximum Gasteiger partial charge on any atom is 0.277 e. The van der Waals surface area contributed by atoms with Crippen molar-refractivity contribution in [1.82, 2.24) is 5.06 Å². The third kappa shape index (κ3) is 1.89. The van der Waals surface area contributed by atoms with E-state index in [1.165, 1.54) is 5.06 Å². The van der Waals surface area contributed by atoms with Crippen LogP contribution in [0.3, 0.4) is 0 Å². The van der Waals surface area contributed by atoms with Gasteiger partial charge in [-0.25, -0.2) is 5.06 Å². The van der Waals surface area contributed by atoms with Gasteiger partial charge in [-0.1, -0.05) is 30.3 Å². The number of hydrogen-bond acceptors (Lipinski definition) is 2. The fourth-order valence-corrected chi connectivity index (χ4v) is 2.07. The normalized spacial score (nSPS) is 15.4. The number of hydrogen-bond donors (Lipinski definition) is 0. The molecule has 1 aliphatic rings. The largest absolute Gasteiger partial charge is 0.277 e. The quantitative estimate of drug-likeness (QED) is 0.749. The molecule has 0 aliphatic carbocycles. The van der Waals surface area contributed by atoms with Crippen LogP contribution in [0.1, 0.15) is 16.8 Å². The highest BCUT2D eigenvalue weighted by atomic mass is 16.7. The topological polar surface area (TPSA) is 29.5 Å². The molecular weight excluding hydrogens is 214 g/mol. The third-order valence-corrected chi connectivity index (χ3v) is 2.98. The van der Waals surface area contributed by atoms with Gasteiger partial charge in [0.15, 0.2) is 0 Å². The van der Waals surface area contributed by atoms with E-state index >= 15 is 0 Å². The molecule has 1 heterocycles. The number of benzene rings is 2. The molecule has 0 unspecified atom stereocenters. The molecular formula is C14H13NO2. The molecule has 1 aliphatic heterocycles. The highest BCUT2D eigenvalue weighted by molar-refractivity contribution is 5.98. The summed E-state index contributed by atoms with van der Waals surface area (Å²) in [6.45, 7) is 1.32.